The lowest BCUT2D eigenvalue weighted by Gasteiger charge is -2.06. The number of carbonyl (C=O) groups excluding carboxylic acids is 1. The van der Waals surface area contributed by atoms with Gasteiger partial charge in [0, 0.05) is 6.07 Å². The van der Waals surface area contributed by atoms with Gasteiger partial charge in [-0.3, -0.25) is 0 Å². The Hall–Kier alpha value is -2.43. The number of rotatable bonds is 3. The quantitative estimate of drug-likeness (QED) is 0.667. The molecule has 5 nitrogen and oxygen atoms in total. The second kappa shape index (κ2) is 4.83. The van der Waals surface area contributed by atoms with Crippen molar-refractivity contribution < 1.29 is 23.8 Å². The number of aromatic hydroxyl groups is 1. The molecule has 94 valence electrons. The van der Waals surface area contributed by atoms with Crippen molar-refractivity contribution >= 4 is 5.97 Å². The molecule has 0 saturated heterocycles. The Morgan fingerprint density at radius 3 is 2.61 bits per heavy atom. The van der Waals surface area contributed by atoms with Crippen molar-refractivity contribution in [2.24, 2.45) is 0 Å². The zero-order chi connectivity index (χ0) is 13.1. The monoisotopic (exact) mass is 248 g/mol. The van der Waals surface area contributed by atoms with E-state index in [0.29, 0.717) is 11.5 Å². The number of ether oxygens (including phenoxy) is 2. The number of hydrogen-bond donors (Lipinski definition) is 1. The first-order valence-electron chi connectivity index (χ1n) is 5.26. The van der Waals surface area contributed by atoms with Gasteiger partial charge in [0.05, 0.1) is 7.11 Å². The Labute approximate surface area is 104 Å². The molecule has 5 heteroatoms. The Morgan fingerprint density at radius 1 is 1.28 bits per heavy atom. The number of phenolic OH excluding ortho intramolecular Hbond substituents is 1. The lowest BCUT2D eigenvalue weighted by Crippen LogP contribution is -2.07. The summed E-state index contributed by atoms with van der Waals surface area (Å²) >= 11 is 0. The van der Waals surface area contributed by atoms with E-state index in [1.165, 1.54) is 31.4 Å². The molecule has 0 atom stereocenters. The normalized spacial score (nSPS) is 10.1. The third-order valence-corrected chi connectivity index (χ3v) is 2.30. The van der Waals surface area contributed by atoms with Gasteiger partial charge in [0.1, 0.15) is 11.5 Å². The number of carbonyl (C=O) groups is 1. The summed E-state index contributed by atoms with van der Waals surface area (Å²) in [7, 11) is 1.44. The van der Waals surface area contributed by atoms with Gasteiger partial charge in [-0.25, -0.2) is 4.79 Å². The summed E-state index contributed by atoms with van der Waals surface area (Å²) in [4.78, 5) is 11.7. The molecular formula is C13H12O5. The minimum atomic E-state index is -0.618. The first-order chi connectivity index (χ1) is 8.60. The number of hydrogen-bond acceptors (Lipinski definition) is 5. The van der Waals surface area contributed by atoms with Crippen molar-refractivity contribution in [3.63, 3.8) is 0 Å². The van der Waals surface area contributed by atoms with Crippen LogP contribution in [0.2, 0.25) is 0 Å². The fourth-order valence-corrected chi connectivity index (χ4v) is 1.43. The van der Waals surface area contributed by atoms with Gasteiger partial charge in [0.15, 0.2) is 11.5 Å². The number of furan rings is 1. The fraction of sp³-hybridized carbons (Fsp3) is 0.154. The van der Waals surface area contributed by atoms with Crippen LogP contribution in [0.25, 0.3) is 0 Å². The van der Waals surface area contributed by atoms with E-state index in [9.17, 15) is 9.90 Å². The van der Waals surface area contributed by atoms with E-state index in [2.05, 4.69) is 0 Å². The topological polar surface area (TPSA) is 68.9 Å². The molecule has 0 bridgehead atoms. The maximum absolute atomic E-state index is 11.7. The molecule has 0 spiro atoms. The standard InChI is InChI=1S/C13H12O5/c1-8-3-5-12(17-8)13(15)18-9-4-6-11(16-2)10(14)7-9/h3-7,14H,1-2H3. The highest BCUT2D eigenvalue weighted by Gasteiger charge is 2.13. The van der Waals surface area contributed by atoms with Crippen LogP contribution < -0.4 is 9.47 Å². The smallest absolute Gasteiger partial charge is 0.379 e. The number of esters is 1. The molecule has 0 aliphatic carbocycles. The van der Waals surface area contributed by atoms with Gasteiger partial charge in [-0.2, -0.15) is 0 Å². The molecule has 0 saturated carbocycles. The molecule has 2 aromatic rings. The molecule has 0 amide bonds. The van der Waals surface area contributed by atoms with E-state index >= 15 is 0 Å². The number of benzene rings is 1. The van der Waals surface area contributed by atoms with Crippen molar-refractivity contribution in [3.8, 4) is 17.2 Å². The van der Waals surface area contributed by atoms with Crippen molar-refractivity contribution in [3.05, 3.63) is 41.9 Å². The molecule has 0 unspecified atom stereocenters. The van der Waals surface area contributed by atoms with E-state index in [0.717, 1.165) is 0 Å². The lowest BCUT2D eigenvalue weighted by atomic mass is 10.3. The van der Waals surface area contributed by atoms with Crippen LogP contribution in [0.3, 0.4) is 0 Å². The fourth-order valence-electron chi connectivity index (χ4n) is 1.43. The van der Waals surface area contributed by atoms with Crippen LogP contribution in [0.1, 0.15) is 16.3 Å². The van der Waals surface area contributed by atoms with Crippen molar-refractivity contribution in [2.45, 2.75) is 6.92 Å². The summed E-state index contributed by atoms with van der Waals surface area (Å²) in [6.07, 6.45) is 0. The summed E-state index contributed by atoms with van der Waals surface area (Å²) in [5, 5.41) is 9.54. The minimum Gasteiger partial charge on any atom is -0.504 e. The molecule has 0 radical (unpaired) electrons. The largest absolute Gasteiger partial charge is 0.504 e. The average molecular weight is 248 g/mol. The second-order valence-corrected chi connectivity index (χ2v) is 3.63. The van der Waals surface area contributed by atoms with E-state index in [-0.39, 0.29) is 17.3 Å². The summed E-state index contributed by atoms with van der Waals surface area (Å²) in [6, 6.07) is 7.52. The highest BCUT2D eigenvalue weighted by molar-refractivity contribution is 5.88. The molecule has 1 N–H and O–H groups in total. The number of methoxy groups -OCH3 is 1. The maximum Gasteiger partial charge on any atom is 0.379 e. The molecule has 0 aliphatic heterocycles. The van der Waals surface area contributed by atoms with E-state index in [1.54, 1.807) is 13.0 Å². The Bertz CT molecular complexity index is 571. The molecule has 0 fully saturated rings. The Morgan fingerprint density at radius 2 is 2.06 bits per heavy atom. The Balaban J connectivity index is 2.14. The number of aryl methyl sites for hydroxylation is 1. The van der Waals surface area contributed by atoms with Crippen LogP contribution in [0.4, 0.5) is 0 Å². The van der Waals surface area contributed by atoms with E-state index < -0.39 is 5.97 Å². The molecule has 0 aliphatic rings. The summed E-state index contributed by atoms with van der Waals surface area (Å²) in [5.41, 5.74) is 0. The average Bonchev–Trinajstić information content (AvgIpc) is 2.76. The maximum atomic E-state index is 11.7. The zero-order valence-electron chi connectivity index (χ0n) is 9.97. The van der Waals surface area contributed by atoms with Crippen molar-refractivity contribution in [1.29, 1.82) is 0 Å². The first kappa shape index (κ1) is 12.0. The van der Waals surface area contributed by atoms with Crippen LogP contribution in [0.15, 0.2) is 34.7 Å². The molecule has 1 aromatic carbocycles. The molecule has 1 aromatic heterocycles. The first-order valence-corrected chi connectivity index (χ1v) is 5.26. The predicted molar refractivity (Wildman–Crippen MR) is 63.1 cm³/mol. The lowest BCUT2D eigenvalue weighted by molar-refractivity contribution is 0.0699. The van der Waals surface area contributed by atoms with Gasteiger partial charge in [-0.05, 0) is 31.2 Å². The zero-order valence-corrected chi connectivity index (χ0v) is 9.97. The SMILES string of the molecule is COc1ccc(OC(=O)c2ccc(C)o2)cc1O. The van der Waals surface area contributed by atoms with Crippen LogP contribution in [0.5, 0.6) is 17.2 Å². The minimum absolute atomic E-state index is 0.0987. The van der Waals surface area contributed by atoms with E-state index in [1.807, 2.05) is 0 Å². The predicted octanol–water partition coefficient (Wildman–Crippen LogP) is 2.52. The van der Waals surface area contributed by atoms with E-state index in [4.69, 9.17) is 13.9 Å². The van der Waals surface area contributed by atoms with Crippen LogP contribution >= 0.6 is 0 Å². The van der Waals surface area contributed by atoms with Gasteiger partial charge in [-0.1, -0.05) is 0 Å². The van der Waals surface area contributed by atoms with Crippen LogP contribution in [-0.2, 0) is 0 Å². The number of phenols is 1. The van der Waals surface area contributed by atoms with Gasteiger partial charge >= 0.3 is 5.97 Å². The van der Waals surface area contributed by atoms with Gasteiger partial charge in [-0.15, -0.1) is 0 Å². The van der Waals surface area contributed by atoms with Gasteiger partial charge in [0.2, 0.25) is 5.76 Å². The highest BCUT2D eigenvalue weighted by Crippen LogP contribution is 2.30. The highest BCUT2D eigenvalue weighted by atomic mass is 16.5. The molecule has 1 heterocycles. The molecule has 2 rings (SSSR count). The van der Waals surface area contributed by atoms with Gasteiger partial charge < -0.3 is 19.0 Å². The van der Waals surface area contributed by atoms with Gasteiger partial charge in [0.25, 0.3) is 0 Å². The molecular weight excluding hydrogens is 236 g/mol. The second-order valence-electron chi connectivity index (χ2n) is 3.63. The molecule has 18 heavy (non-hydrogen) atoms. The van der Waals surface area contributed by atoms with Crippen molar-refractivity contribution in [2.75, 3.05) is 7.11 Å². The third kappa shape index (κ3) is 2.45. The van der Waals surface area contributed by atoms with Crippen molar-refractivity contribution in [1.82, 2.24) is 0 Å². The summed E-state index contributed by atoms with van der Waals surface area (Å²) < 4.78 is 15.1. The van der Waals surface area contributed by atoms with Crippen LogP contribution in [0, 0.1) is 6.92 Å². The third-order valence-electron chi connectivity index (χ3n) is 2.30. The summed E-state index contributed by atoms with van der Waals surface area (Å²) in [5.74, 6) is 0.546. The van der Waals surface area contributed by atoms with Crippen LogP contribution in [-0.4, -0.2) is 18.2 Å². The summed E-state index contributed by atoms with van der Waals surface area (Å²) in [6.45, 7) is 1.73. The Kier molecular flexibility index (Phi) is 3.23.